The highest BCUT2D eigenvalue weighted by atomic mass is 14.9. The highest BCUT2D eigenvalue weighted by molar-refractivity contribution is 5.48. The fraction of sp³-hybridized carbons (Fsp3) is 0.400. The highest BCUT2D eigenvalue weighted by Gasteiger charge is 2.23. The molecule has 1 unspecified atom stereocenters. The first-order valence-electron chi connectivity index (χ1n) is 7.78. The van der Waals surface area contributed by atoms with Gasteiger partial charge in [-0.15, -0.1) is 0 Å². The van der Waals surface area contributed by atoms with E-state index >= 15 is 0 Å². The van der Waals surface area contributed by atoms with Gasteiger partial charge in [-0.05, 0) is 61.4 Å². The average Bonchev–Trinajstić information content (AvgIpc) is 2.43. The molecule has 21 heavy (non-hydrogen) atoms. The van der Waals surface area contributed by atoms with Crippen molar-refractivity contribution in [3.8, 4) is 0 Å². The normalized spacial score (nSPS) is 13.0. The Hall–Kier alpha value is -1.76. The topological polar surface area (TPSA) is 12.0 Å². The van der Waals surface area contributed by atoms with Crippen molar-refractivity contribution in [1.29, 1.82) is 0 Å². The van der Waals surface area contributed by atoms with Gasteiger partial charge in [-0.2, -0.15) is 0 Å². The van der Waals surface area contributed by atoms with Crippen LogP contribution >= 0.6 is 0 Å². The van der Waals surface area contributed by atoms with Crippen LogP contribution in [0.5, 0.6) is 0 Å². The molecule has 1 heteroatoms. The summed E-state index contributed by atoms with van der Waals surface area (Å²) in [7, 11) is 0. The summed E-state index contributed by atoms with van der Waals surface area (Å²) < 4.78 is 0. The molecule has 0 spiro atoms. The molecule has 0 aromatic heterocycles. The summed E-state index contributed by atoms with van der Waals surface area (Å²) in [4.78, 5) is 0. The molecule has 0 bridgehead atoms. The zero-order valence-corrected chi connectivity index (χ0v) is 13.9. The second-order valence-electron chi connectivity index (χ2n) is 6.80. The van der Waals surface area contributed by atoms with Gasteiger partial charge in [-0.1, -0.05) is 50.2 Å². The molecule has 0 saturated heterocycles. The van der Waals surface area contributed by atoms with Gasteiger partial charge in [0.2, 0.25) is 0 Å². The number of rotatable bonds is 5. The lowest BCUT2D eigenvalue weighted by atomic mass is 9.79. The molecule has 0 aliphatic carbocycles. The first-order chi connectivity index (χ1) is 9.88. The van der Waals surface area contributed by atoms with Crippen LogP contribution in [-0.4, -0.2) is 6.04 Å². The molecule has 0 aliphatic rings. The molecule has 2 rings (SSSR count). The van der Waals surface area contributed by atoms with Crippen molar-refractivity contribution < 1.29 is 0 Å². The van der Waals surface area contributed by atoms with Crippen molar-refractivity contribution in [1.82, 2.24) is 0 Å². The summed E-state index contributed by atoms with van der Waals surface area (Å²) in [5.41, 5.74) is 5.48. The molecule has 0 fully saturated rings. The van der Waals surface area contributed by atoms with Crippen molar-refractivity contribution >= 4 is 5.69 Å². The van der Waals surface area contributed by atoms with Crippen molar-refractivity contribution in [2.24, 2.45) is 0 Å². The molecule has 2 aromatic rings. The Kier molecular flexibility index (Phi) is 4.72. The molecule has 1 N–H and O–H groups in total. The monoisotopic (exact) mass is 281 g/mol. The van der Waals surface area contributed by atoms with Gasteiger partial charge in [-0.25, -0.2) is 0 Å². The Balaban J connectivity index is 2.04. The fourth-order valence-corrected chi connectivity index (χ4v) is 2.94. The molecule has 0 saturated carbocycles. The molecular formula is C20H27N. The number of hydrogen-bond acceptors (Lipinski definition) is 1. The number of benzene rings is 2. The zero-order chi connectivity index (χ0) is 15.5. The summed E-state index contributed by atoms with van der Waals surface area (Å²) in [6.07, 6.45) is 1.10. The van der Waals surface area contributed by atoms with E-state index in [0.717, 1.165) is 6.42 Å². The summed E-state index contributed by atoms with van der Waals surface area (Å²) in [6, 6.07) is 17.8. The predicted molar refractivity (Wildman–Crippen MR) is 93.1 cm³/mol. The van der Waals surface area contributed by atoms with Crippen LogP contribution < -0.4 is 5.32 Å². The maximum absolute atomic E-state index is 3.64. The third-order valence-electron chi connectivity index (χ3n) is 4.29. The maximum atomic E-state index is 3.64. The minimum Gasteiger partial charge on any atom is -0.383 e. The standard InChI is InChI=1S/C20H27N/c1-15-11-12-19(13-16(15)2)21-17(3)14-20(4,5)18-9-7-6-8-10-18/h6-13,17,21H,14H2,1-5H3. The molecule has 0 heterocycles. The van der Waals surface area contributed by atoms with E-state index in [1.165, 1.54) is 22.4 Å². The van der Waals surface area contributed by atoms with Crippen molar-refractivity contribution in [3.63, 3.8) is 0 Å². The van der Waals surface area contributed by atoms with Crippen LogP contribution in [0.2, 0.25) is 0 Å². The average molecular weight is 281 g/mol. The highest BCUT2D eigenvalue weighted by Crippen LogP contribution is 2.29. The van der Waals surface area contributed by atoms with E-state index < -0.39 is 0 Å². The van der Waals surface area contributed by atoms with Gasteiger partial charge >= 0.3 is 0 Å². The Morgan fingerprint density at radius 3 is 2.24 bits per heavy atom. The Morgan fingerprint density at radius 2 is 1.62 bits per heavy atom. The second kappa shape index (κ2) is 6.34. The second-order valence-corrected chi connectivity index (χ2v) is 6.80. The Bertz CT molecular complexity index is 584. The minimum atomic E-state index is 0.174. The first kappa shape index (κ1) is 15.6. The lowest BCUT2D eigenvalue weighted by Gasteiger charge is -2.29. The van der Waals surface area contributed by atoms with Crippen LogP contribution in [-0.2, 0) is 5.41 Å². The SMILES string of the molecule is Cc1ccc(NC(C)CC(C)(C)c2ccccc2)cc1C. The lowest BCUT2D eigenvalue weighted by molar-refractivity contribution is 0.450. The number of anilines is 1. The van der Waals surface area contributed by atoms with Crippen molar-refractivity contribution in [3.05, 3.63) is 65.2 Å². The van der Waals surface area contributed by atoms with Gasteiger partial charge in [0.15, 0.2) is 0 Å². The number of nitrogens with one attached hydrogen (secondary N) is 1. The predicted octanol–water partition coefficient (Wildman–Crippen LogP) is 5.47. The van der Waals surface area contributed by atoms with Gasteiger partial charge in [0.25, 0.3) is 0 Å². The van der Waals surface area contributed by atoms with E-state index in [1.54, 1.807) is 0 Å². The van der Waals surface area contributed by atoms with Crippen LogP contribution in [0.4, 0.5) is 5.69 Å². The summed E-state index contributed by atoms with van der Waals surface area (Å²) >= 11 is 0. The van der Waals surface area contributed by atoms with Crippen LogP contribution in [0.1, 0.15) is 43.9 Å². The number of aryl methyl sites for hydroxylation is 2. The van der Waals surface area contributed by atoms with E-state index in [1.807, 2.05) is 0 Å². The minimum absolute atomic E-state index is 0.174. The van der Waals surface area contributed by atoms with Gasteiger partial charge in [-0.3, -0.25) is 0 Å². The van der Waals surface area contributed by atoms with Crippen LogP contribution in [0.25, 0.3) is 0 Å². The third kappa shape index (κ3) is 4.10. The van der Waals surface area contributed by atoms with Gasteiger partial charge in [0, 0.05) is 11.7 Å². The van der Waals surface area contributed by atoms with E-state index in [0.29, 0.717) is 6.04 Å². The summed E-state index contributed by atoms with van der Waals surface area (Å²) in [5, 5.41) is 3.64. The molecule has 112 valence electrons. The largest absolute Gasteiger partial charge is 0.383 e. The van der Waals surface area contributed by atoms with Gasteiger partial charge in [0.1, 0.15) is 0 Å². The van der Waals surface area contributed by atoms with Crippen LogP contribution in [0.3, 0.4) is 0 Å². The van der Waals surface area contributed by atoms with Crippen LogP contribution in [0.15, 0.2) is 48.5 Å². The fourth-order valence-electron chi connectivity index (χ4n) is 2.94. The van der Waals surface area contributed by atoms with Crippen molar-refractivity contribution in [2.75, 3.05) is 5.32 Å². The molecule has 0 amide bonds. The third-order valence-corrected chi connectivity index (χ3v) is 4.29. The molecule has 0 aliphatic heterocycles. The molecule has 1 atom stereocenters. The van der Waals surface area contributed by atoms with E-state index in [2.05, 4.69) is 88.5 Å². The van der Waals surface area contributed by atoms with Gasteiger partial charge < -0.3 is 5.32 Å². The smallest absolute Gasteiger partial charge is 0.0345 e. The van der Waals surface area contributed by atoms with Crippen LogP contribution in [0, 0.1) is 13.8 Å². The quantitative estimate of drug-likeness (QED) is 0.766. The Labute approximate surface area is 129 Å². The van der Waals surface area contributed by atoms with Gasteiger partial charge in [0.05, 0.1) is 0 Å². The molecule has 0 radical (unpaired) electrons. The maximum Gasteiger partial charge on any atom is 0.0345 e. The molecular weight excluding hydrogens is 254 g/mol. The van der Waals surface area contributed by atoms with E-state index in [9.17, 15) is 0 Å². The zero-order valence-electron chi connectivity index (χ0n) is 13.9. The Morgan fingerprint density at radius 1 is 0.952 bits per heavy atom. The number of hydrogen-bond donors (Lipinski definition) is 1. The molecule has 2 aromatic carbocycles. The van der Waals surface area contributed by atoms with Crippen molar-refractivity contribution in [2.45, 2.75) is 52.5 Å². The summed E-state index contributed by atoms with van der Waals surface area (Å²) in [6.45, 7) is 11.2. The summed E-state index contributed by atoms with van der Waals surface area (Å²) in [5.74, 6) is 0. The lowest BCUT2D eigenvalue weighted by Crippen LogP contribution is -2.27. The first-order valence-corrected chi connectivity index (χ1v) is 7.78. The van der Waals surface area contributed by atoms with E-state index in [-0.39, 0.29) is 5.41 Å². The molecule has 1 nitrogen and oxygen atoms in total. The van der Waals surface area contributed by atoms with E-state index in [4.69, 9.17) is 0 Å².